The van der Waals surface area contributed by atoms with E-state index in [0.29, 0.717) is 19.6 Å². The number of rotatable bonds is 5. The Balaban J connectivity index is 2.99. The Hall–Kier alpha value is -1.42. The van der Waals surface area contributed by atoms with Gasteiger partial charge in [-0.2, -0.15) is 0 Å². The van der Waals surface area contributed by atoms with E-state index in [1.807, 2.05) is 27.7 Å². The lowest BCUT2D eigenvalue weighted by Gasteiger charge is -2.31. The molecule has 0 aliphatic heterocycles. The smallest absolute Gasteiger partial charge is 0.256 e. The number of carbonyl (C=O) groups is 1. The summed E-state index contributed by atoms with van der Waals surface area (Å²) in [6.45, 7) is 9.26. The summed E-state index contributed by atoms with van der Waals surface area (Å²) in [5.74, 6) is -0.746. The van der Waals surface area contributed by atoms with E-state index in [1.165, 1.54) is 6.07 Å². The summed E-state index contributed by atoms with van der Waals surface area (Å²) < 4.78 is 13.8. The summed E-state index contributed by atoms with van der Waals surface area (Å²) >= 11 is 0. The molecule has 0 heterocycles. The van der Waals surface area contributed by atoms with Crippen LogP contribution in [0.15, 0.2) is 18.2 Å². The molecular formula is C15H23FN2O. The number of nitrogens with zero attached hydrogens (tertiary/aromatic N) is 1. The van der Waals surface area contributed by atoms with Crippen molar-refractivity contribution >= 4 is 5.91 Å². The number of hydrogen-bond acceptors (Lipinski definition) is 2. The van der Waals surface area contributed by atoms with Crippen molar-refractivity contribution in [1.82, 2.24) is 4.90 Å². The van der Waals surface area contributed by atoms with E-state index in [1.54, 1.807) is 17.0 Å². The molecular weight excluding hydrogens is 243 g/mol. The second kappa shape index (κ2) is 6.15. The molecule has 0 spiro atoms. The fourth-order valence-electron chi connectivity index (χ4n) is 1.88. The Morgan fingerprint density at radius 1 is 1.42 bits per heavy atom. The van der Waals surface area contributed by atoms with Crippen molar-refractivity contribution < 1.29 is 9.18 Å². The molecule has 1 aromatic carbocycles. The van der Waals surface area contributed by atoms with Gasteiger partial charge >= 0.3 is 0 Å². The predicted molar refractivity (Wildman–Crippen MR) is 75.5 cm³/mol. The molecule has 106 valence electrons. The number of hydrogen-bond donors (Lipinski definition) is 1. The second-order valence-corrected chi connectivity index (χ2v) is 5.67. The lowest BCUT2D eigenvalue weighted by Crippen LogP contribution is -2.42. The van der Waals surface area contributed by atoms with Gasteiger partial charge in [-0.3, -0.25) is 4.79 Å². The molecule has 0 atom stereocenters. The Kier molecular flexibility index (Phi) is 5.06. The summed E-state index contributed by atoms with van der Waals surface area (Å²) in [6, 6.07) is 4.59. The first kappa shape index (κ1) is 15.6. The van der Waals surface area contributed by atoms with Gasteiger partial charge in [-0.1, -0.05) is 25.5 Å². The number of amides is 1. The lowest BCUT2D eigenvalue weighted by atomic mass is 9.92. The number of benzene rings is 1. The molecule has 2 N–H and O–H groups in total. The first-order chi connectivity index (χ1) is 8.80. The Morgan fingerprint density at radius 2 is 2.05 bits per heavy atom. The van der Waals surface area contributed by atoms with Crippen molar-refractivity contribution in [2.75, 3.05) is 19.6 Å². The minimum Gasteiger partial charge on any atom is -0.338 e. The van der Waals surface area contributed by atoms with Gasteiger partial charge in [0.1, 0.15) is 5.82 Å². The highest BCUT2D eigenvalue weighted by atomic mass is 19.1. The highest BCUT2D eigenvalue weighted by Crippen LogP contribution is 2.18. The molecule has 3 nitrogen and oxygen atoms in total. The first-order valence-corrected chi connectivity index (χ1v) is 6.56. The zero-order chi connectivity index (χ0) is 14.6. The third-order valence-corrected chi connectivity index (χ3v) is 3.19. The molecule has 0 aromatic heterocycles. The quantitative estimate of drug-likeness (QED) is 0.890. The summed E-state index contributed by atoms with van der Waals surface area (Å²) in [7, 11) is 0. The van der Waals surface area contributed by atoms with E-state index in [2.05, 4.69) is 0 Å². The number of nitrogens with two attached hydrogens (primary N) is 1. The molecule has 4 heteroatoms. The van der Waals surface area contributed by atoms with Gasteiger partial charge in [-0.25, -0.2) is 4.39 Å². The third-order valence-electron chi connectivity index (χ3n) is 3.19. The van der Waals surface area contributed by atoms with Gasteiger partial charge in [0, 0.05) is 13.1 Å². The van der Waals surface area contributed by atoms with E-state index >= 15 is 0 Å². The normalized spacial score (nSPS) is 11.5. The van der Waals surface area contributed by atoms with Gasteiger partial charge in [0.05, 0.1) is 5.56 Å². The predicted octanol–water partition coefficient (Wildman–Crippen LogP) is 2.58. The van der Waals surface area contributed by atoms with Crippen molar-refractivity contribution in [2.45, 2.75) is 27.7 Å². The van der Waals surface area contributed by atoms with Crippen LogP contribution in [0.25, 0.3) is 0 Å². The molecule has 0 unspecified atom stereocenters. The molecule has 0 saturated heterocycles. The number of aryl methyl sites for hydroxylation is 1. The fraction of sp³-hybridized carbons (Fsp3) is 0.533. The average molecular weight is 266 g/mol. The molecule has 0 saturated carbocycles. The fourth-order valence-corrected chi connectivity index (χ4v) is 1.88. The number of carbonyl (C=O) groups excluding carboxylic acids is 1. The SMILES string of the molecule is CCN(CC(C)(C)CN)C(=O)c1cc(C)ccc1F. The van der Waals surface area contributed by atoms with Crippen LogP contribution in [-0.4, -0.2) is 30.4 Å². The van der Waals surface area contributed by atoms with Gasteiger partial charge in [-0.15, -0.1) is 0 Å². The summed E-state index contributed by atoms with van der Waals surface area (Å²) in [4.78, 5) is 14.0. The van der Waals surface area contributed by atoms with E-state index in [9.17, 15) is 9.18 Å². The van der Waals surface area contributed by atoms with Crippen molar-refractivity contribution in [3.8, 4) is 0 Å². The van der Waals surface area contributed by atoms with Gasteiger partial charge in [0.25, 0.3) is 5.91 Å². The standard InChI is InChI=1S/C15H23FN2O/c1-5-18(10-15(3,4)9-17)14(19)12-8-11(2)6-7-13(12)16/h6-8H,5,9-10,17H2,1-4H3. The minimum absolute atomic E-state index is 0.134. The van der Waals surface area contributed by atoms with Crippen LogP contribution < -0.4 is 5.73 Å². The van der Waals surface area contributed by atoms with Crippen LogP contribution in [0.5, 0.6) is 0 Å². The van der Waals surface area contributed by atoms with Gasteiger partial charge < -0.3 is 10.6 Å². The molecule has 19 heavy (non-hydrogen) atoms. The van der Waals surface area contributed by atoms with E-state index in [-0.39, 0.29) is 16.9 Å². The maximum atomic E-state index is 13.8. The van der Waals surface area contributed by atoms with E-state index in [0.717, 1.165) is 5.56 Å². The third kappa shape index (κ3) is 4.03. The maximum absolute atomic E-state index is 13.8. The largest absolute Gasteiger partial charge is 0.338 e. The summed E-state index contributed by atoms with van der Waals surface area (Å²) in [5.41, 5.74) is 6.52. The van der Waals surface area contributed by atoms with E-state index < -0.39 is 5.82 Å². The van der Waals surface area contributed by atoms with Gasteiger partial charge in [0.15, 0.2) is 0 Å². The van der Waals surface area contributed by atoms with Gasteiger partial charge in [0.2, 0.25) is 0 Å². The van der Waals surface area contributed by atoms with Crippen LogP contribution in [0, 0.1) is 18.2 Å². The molecule has 0 bridgehead atoms. The van der Waals surface area contributed by atoms with Crippen molar-refractivity contribution in [3.63, 3.8) is 0 Å². The van der Waals surface area contributed by atoms with E-state index in [4.69, 9.17) is 5.73 Å². The van der Waals surface area contributed by atoms with Crippen LogP contribution in [0.4, 0.5) is 4.39 Å². The zero-order valence-corrected chi connectivity index (χ0v) is 12.2. The second-order valence-electron chi connectivity index (χ2n) is 5.67. The zero-order valence-electron chi connectivity index (χ0n) is 12.2. The highest BCUT2D eigenvalue weighted by molar-refractivity contribution is 5.94. The van der Waals surface area contributed by atoms with Crippen LogP contribution in [0.2, 0.25) is 0 Å². The average Bonchev–Trinajstić information content (AvgIpc) is 2.38. The van der Waals surface area contributed by atoms with Crippen LogP contribution in [-0.2, 0) is 0 Å². The highest BCUT2D eigenvalue weighted by Gasteiger charge is 2.25. The minimum atomic E-state index is -0.473. The first-order valence-electron chi connectivity index (χ1n) is 6.56. The van der Waals surface area contributed by atoms with Crippen molar-refractivity contribution in [2.24, 2.45) is 11.1 Å². The summed E-state index contributed by atoms with van der Waals surface area (Å²) in [6.07, 6.45) is 0. The molecule has 1 aromatic rings. The molecule has 0 aliphatic carbocycles. The van der Waals surface area contributed by atoms with Crippen LogP contribution >= 0.6 is 0 Å². The van der Waals surface area contributed by atoms with Crippen LogP contribution in [0.1, 0.15) is 36.7 Å². The monoisotopic (exact) mass is 266 g/mol. The maximum Gasteiger partial charge on any atom is 0.256 e. The Bertz CT molecular complexity index is 457. The van der Waals surface area contributed by atoms with Gasteiger partial charge in [-0.05, 0) is 37.9 Å². The lowest BCUT2D eigenvalue weighted by molar-refractivity contribution is 0.0696. The van der Waals surface area contributed by atoms with Crippen molar-refractivity contribution in [1.29, 1.82) is 0 Å². The molecule has 0 aliphatic rings. The molecule has 0 fully saturated rings. The number of halogens is 1. The van der Waals surface area contributed by atoms with Crippen molar-refractivity contribution in [3.05, 3.63) is 35.1 Å². The topological polar surface area (TPSA) is 46.3 Å². The Labute approximate surface area is 114 Å². The molecule has 1 amide bonds. The molecule has 1 rings (SSSR count). The summed E-state index contributed by atoms with van der Waals surface area (Å²) in [5, 5.41) is 0. The van der Waals surface area contributed by atoms with Crippen LogP contribution in [0.3, 0.4) is 0 Å². The Morgan fingerprint density at radius 3 is 2.58 bits per heavy atom. The molecule has 0 radical (unpaired) electrons.